The van der Waals surface area contributed by atoms with E-state index in [9.17, 15) is 9.59 Å². The van der Waals surface area contributed by atoms with Crippen molar-refractivity contribution in [2.75, 3.05) is 13.2 Å². The van der Waals surface area contributed by atoms with Crippen LogP contribution < -0.4 is 16.0 Å². The Hall–Kier alpha value is -4.42. The number of amides is 2. The number of hydrogen-bond donors (Lipinski definition) is 4. The highest BCUT2D eigenvalue weighted by atomic mass is 35.5. The molecule has 222 valence electrons. The minimum Gasteiger partial charge on any atom is -0.460 e. The van der Waals surface area contributed by atoms with Crippen LogP contribution in [-0.2, 0) is 17.8 Å². The molecule has 0 aliphatic carbocycles. The number of benzene rings is 3. The summed E-state index contributed by atoms with van der Waals surface area (Å²) < 4.78 is 6.09. The van der Waals surface area contributed by atoms with Crippen LogP contribution in [0.3, 0.4) is 0 Å². The molecule has 0 fully saturated rings. The molecule has 1 heterocycles. The molecule has 4 aromatic rings. The molecule has 2 atom stereocenters. The van der Waals surface area contributed by atoms with Gasteiger partial charge in [-0.3, -0.25) is 9.59 Å². The van der Waals surface area contributed by atoms with Crippen molar-refractivity contribution in [2.24, 2.45) is 0 Å². The van der Waals surface area contributed by atoms with Gasteiger partial charge in [0, 0.05) is 30.6 Å². The number of nitrogens with one attached hydrogen (secondary N) is 3. The minimum atomic E-state index is -0.560. The van der Waals surface area contributed by atoms with Crippen molar-refractivity contribution in [1.29, 1.82) is 5.26 Å². The summed E-state index contributed by atoms with van der Waals surface area (Å²) in [5.41, 5.74) is 4.72. The lowest BCUT2D eigenvalue weighted by Gasteiger charge is -2.19. The number of carbonyl (C=O) groups is 2. The van der Waals surface area contributed by atoms with Gasteiger partial charge in [0.15, 0.2) is 0 Å². The van der Waals surface area contributed by atoms with E-state index >= 15 is 0 Å². The Balaban J connectivity index is 1.45. The van der Waals surface area contributed by atoms with E-state index in [2.05, 4.69) is 60.1 Å². The largest absolute Gasteiger partial charge is 0.460 e. The summed E-state index contributed by atoms with van der Waals surface area (Å²) in [6.07, 6.45) is 0.357. The lowest BCUT2D eigenvalue weighted by Crippen LogP contribution is -2.41. The number of aliphatic hydroxyl groups is 1. The first kappa shape index (κ1) is 31.5. The number of aliphatic hydroxyl groups excluding tert-OH is 1. The molecule has 43 heavy (non-hydrogen) atoms. The standard InChI is InChI=1S/C34H35ClN4O4/c1-22-3-9-26(10-4-22)23(2)38-21-29-12-14-32(43-29)27-11-13-31(35)30(18-27)34(42)39-28(19-33(41)37-15-16-40)17-24-5-7-25(20-36)8-6-24/h3-14,18,23,28,38,40H,15-17,19,21H2,1-2H3,(H,37,41)(H,39,42)/t23-,28-/m1/s1. The van der Waals surface area contributed by atoms with E-state index in [1.54, 1.807) is 42.5 Å². The molecular weight excluding hydrogens is 564 g/mol. The van der Waals surface area contributed by atoms with E-state index in [4.69, 9.17) is 26.4 Å². The van der Waals surface area contributed by atoms with Crippen molar-refractivity contribution >= 4 is 23.4 Å². The van der Waals surface area contributed by atoms with Crippen LogP contribution >= 0.6 is 11.6 Å². The van der Waals surface area contributed by atoms with E-state index in [-0.39, 0.29) is 42.1 Å². The van der Waals surface area contributed by atoms with Crippen LogP contribution in [0.5, 0.6) is 0 Å². The van der Waals surface area contributed by atoms with E-state index < -0.39 is 11.9 Å². The van der Waals surface area contributed by atoms with Gasteiger partial charge in [-0.1, -0.05) is 53.6 Å². The molecular formula is C34H35ClN4O4. The second-order valence-corrected chi connectivity index (χ2v) is 10.8. The number of aryl methyl sites for hydroxylation is 1. The second-order valence-electron chi connectivity index (χ2n) is 10.4. The summed E-state index contributed by atoms with van der Waals surface area (Å²) in [5.74, 6) is 0.622. The first-order valence-electron chi connectivity index (χ1n) is 14.1. The number of nitrogens with zero attached hydrogens (tertiary/aromatic N) is 1. The Kier molecular flexibility index (Phi) is 11.1. The lowest BCUT2D eigenvalue weighted by molar-refractivity contribution is -0.121. The van der Waals surface area contributed by atoms with Gasteiger partial charge in [-0.25, -0.2) is 0 Å². The third kappa shape index (κ3) is 9.03. The second kappa shape index (κ2) is 15.2. The summed E-state index contributed by atoms with van der Waals surface area (Å²) >= 11 is 6.45. The fraction of sp³-hybridized carbons (Fsp3) is 0.265. The van der Waals surface area contributed by atoms with Crippen molar-refractivity contribution in [3.63, 3.8) is 0 Å². The Bertz CT molecular complexity index is 1580. The monoisotopic (exact) mass is 598 g/mol. The average Bonchev–Trinajstić information content (AvgIpc) is 3.49. The van der Waals surface area contributed by atoms with Crippen LogP contribution in [0.25, 0.3) is 11.3 Å². The number of nitriles is 1. The molecule has 0 aliphatic heterocycles. The molecule has 8 nitrogen and oxygen atoms in total. The van der Waals surface area contributed by atoms with Gasteiger partial charge in [0.1, 0.15) is 11.5 Å². The number of hydrogen-bond acceptors (Lipinski definition) is 6. The molecule has 0 unspecified atom stereocenters. The molecule has 0 bridgehead atoms. The molecule has 1 aromatic heterocycles. The van der Waals surface area contributed by atoms with Gasteiger partial charge < -0.3 is 25.5 Å². The highest BCUT2D eigenvalue weighted by molar-refractivity contribution is 6.34. The van der Waals surface area contributed by atoms with Crippen molar-refractivity contribution in [3.8, 4) is 17.4 Å². The Morgan fingerprint density at radius 3 is 2.47 bits per heavy atom. The van der Waals surface area contributed by atoms with Crippen LogP contribution in [0.4, 0.5) is 0 Å². The van der Waals surface area contributed by atoms with E-state index in [1.807, 2.05) is 12.1 Å². The maximum absolute atomic E-state index is 13.4. The van der Waals surface area contributed by atoms with Gasteiger partial charge in [0.05, 0.1) is 35.4 Å². The highest BCUT2D eigenvalue weighted by Gasteiger charge is 2.21. The normalized spacial score (nSPS) is 12.3. The van der Waals surface area contributed by atoms with E-state index in [1.165, 1.54) is 11.1 Å². The first-order valence-corrected chi connectivity index (χ1v) is 14.5. The molecule has 3 aromatic carbocycles. The number of carbonyl (C=O) groups excluding carboxylic acids is 2. The molecule has 0 spiro atoms. The summed E-state index contributed by atoms with van der Waals surface area (Å²) in [6, 6.07) is 25.9. The summed E-state index contributed by atoms with van der Waals surface area (Å²) in [4.78, 5) is 25.9. The van der Waals surface area contributed by atoms with E-state index in [0.717, 1.165) is 11.3 Å². The maximum Gasteiger partial charge on any atom is 0.253 e. The van der Waals surface area contributed by atoms with Gasteiger partial charge in [-0.05, 0) is 73.9 Å². The van der Waals surface area contributed by atoms with Crippen molar-refractivity contribution in [1.82, 2.24) is 16.0 Å². The van der Waals surface area contributed by atoms with Gasteiger partial charge in [-0.2, -0.15) is 5.26 Å². The molecule has 0 saturated heterocycles. The minimum absolute atomic E-state index is 0.00138. The SMILES string of the molecule is Cc1ccc([C@@H](C)NCc2ccc(-c3ccc(Cl)c(C(=O)N[C@@H](CC(=O)NCCO)Cc4ccc(C#N)cc4)c3)o2)cc1. The van der Waals surface area contributed by atoms with Crippen LogP contribution in [0.1, 0.15) is 57.8 Å². The quantitative estimate of drug-likeness (QED) is 0.162. The molecule has 0 aliphatic rings. The van der Waals surface area contributed by atoms with Gasteiger partial charge >= 0.3 is 0 Å². The van der Waals surface area contributed by atoms with Crippen LogP contribution in [0.15, 0.2) is 83.3 Å². The summed E-state index contributed by atoms with van der Waals surface area (Å²) in [5, 5.41) is 27.4. The first-order chi connectivity index (χ1) is 20.7. The van der Waals surface area contributed by atoms with Crippen molar-refractivity contribution < 1.29 is 19.1 Å². The fourth-order valence-corrected chi connectivity index (χ4v) is 4.84. The molecule has 2 amide bonds. The van der Waals surface area contributed by atoms with Crippen molar-refractivity contribution in [2.45, 2.75) is 45.3 Å². The Labute approximate surface area is 256 Å². The van der Waals surface area contributed by atoms with Crippen LogP contribution in [0.2, 0.25) is 5.02 Å². The number of rotatable bonds is 13. The van der Waals surface area contributed by atoms with E-state index in [0.29, 0.717) is 29.9 Å². The zero-order chi connectivity index (χ0) is 30.8. The number of furan rings is 1. The molecule has 0 saturated carbocycles. The fourth-order valence-electron chi connectivity index (χ4n) is 4.64. The highest BCUT2D eigenvalue weighted by Crippen LogP contribution is 2.27. The zero-order valence-corrected chi connectivity index (χ0v) is 24.9. The van der Waals surface area contributed by atoms with Gasteiger partial charge in [-0.15, -0.1) is 0 Å². The third-order valence-corrected chi connectivity index (χ3v) is 7.41. The average molecular weight is 599 g/mol. The van der Waals surface area contributed by atoms with Crippen molar-refractivity contribution in [3.05, 3.63) is 117 Å². The molecule has 9 heteroatoms. The van der Waals surface area contributed by atoms with Crippen LogP contribution in [0, 0.1) is 18.3 Å². The van der Waals surface area contributed by atoms with Crippen LogP contribution in [-0.4, -0.2) is 36.1 Å². The lowest BCUT2D eigenvalue weighted by atomic mass is 10.0. The molecule has 4 N–H and O–H groups in total. The topological polar surface area (TPSA) is 127 Å². The van der Waals surface area contributed by atoms with Gasteiger partial charge in [0.25, 0.3) is 5.91 Å². The Morgan fingerprint density at radius 2 is 1.77 bits per heavy atom. The summed E-state index contributed by atoms with van der Waals surface area (Å²) in [7, 11) is 0. The third-order valence-electron chi connectivity index (χ3n) is 7.08. The maximum atomic E-state index is 13.4. The number of halogens is 1. The van der Waals surface area contributed by atoms with Gasteiger partial charge in [0.2, 0.25) is 5.91 Å². The zero-order valence-electron chi connectivity index (χ0n) is 24.2. The molecule has 4 rings (SSSR count). The molecule has 0 radical (unpaired) electrons. The predicted molar refractivity (Wildman–Crippen MR) is 166 cm³/mol. The summed E-state index contributed by atoms with van der Waals surface area (Å²) in [6.45, 7) is 4.63. The Morgan fingerprint density at radius 1 is 1.02 bits per heavy atom. The smallest absolute Gasteiger partial charge is 0.253 e. The predicted octanol–water partition coefficient (Wildman–Crippen LogP) is 5.47.